The summed E-state index contributed by atoms with van der Waals surface area (Å²) < 4.78 is 65.0. The van der Waals surface area contributed by atoms with Crippen LogP contribution in [0.25, 0.3) is 16.3 Å². The molecular formula is C29H36FN5O3S. The number of sulfone groups is 1. The Kier molecular flexibility index (Phi) is 6.58. The number of anilines is 3. The molecular weight excluding hydrogens is 517 g/mol. The van der Waals surface area contributed by atoms with E-state index in [9.17, 15) is 12.8 Å². The Morgan fingerprint density at radius 2 is 2.05 bits per heavy atom. The highest BCUT2D eigenvalue weighted by atomic mass is 32.2. The first-order valence-electron chi connectivity index (χ1n) is 14.7. The van der Waals surface area contributed by atoms with Gasteiger partial charge in [0.15, 0.2) is 5.82 Å². The molecule has 1 aromatic carbocycles. The second-order valence-electron chi connectivity index (χ2n) is 10.9. The lowest BCUT2D eigenvalue weighted by molar-refractivity contribution is 0.0333. The lowest BCUT2D eigenvalue weighted by atomic mass is 9.88. The van der Waals surface area contributed by atoms with Crippen molar-refractivity contribution in [3.05, 3.63) is 54.1 Å². The first-order chi connectivity index (χ1) is 19.7. The molecule has 0 spiro atoms. The third-order valence-electron chi connectivity index (χ3n) is 7.73. The molecule has 0 radical (unpaired) electrons. The Hall–Kier alpha value is -3.11. The molecule has 1 aliphatic heterocycles. The number of hydrogen-bond acceptors (Lipinski definition) is 8. The quantitative estimate of drug-likeness (QED) is 0.400. The second kappa shape index (κ2) is 10.8. The van der Waals surface area contributed by atoms with E-state index in [2.05, 4.69) is 58.1 Å². The Morgan fingerprint density at radius 3 is 2.74 bits per heavy atom. The molecule has 0 amide bonds. The van der Waals surface area contributed by atoms with E-state index in [1.165, 1.54) is 11.8 Å². The maximum Gasteiger partial charge on any atom is 0.157 e. The van der Waals surface area contributed by atoms with Crippen LogP contribution in [0.5, 0.6) is 0 Å². The number of rotatable bonds is 8. The van der Waals surface area contributed by atoms with Crippen molar-refractivity contribution < 1.29 is 21.7 Å². The maximum atomic E-state index is 14.7. The van der Waals surface area contributed by atoms with Gasteiger partial charge in [0.1, 0.15) is 27.6 Å². The molecule has 1 fully saturated rings. The van der Waals surface area contributed by atoms with Crippen molar-refractivity contribution in [1.82, 2.24) is 15.0 Å². The summed E-state index contributed by atoms with van der Waals surface area (Å²) in [5, 5.41) is 5.29. The molecule has 1 aliphatic carbocycles. The largest absolute Gasteiger partial charge is 0.378 e. The van der Waals surface area contributed by atoms with Gasteiger partial charge in [-0.05, 0) is 54.0 Å². The van der Waals surface area contributed by atoms with E-state index in [1.54, 1.807) is 18.3 Å². The maximum absolute atomic E-state index is 14.7. The number of pyridine rings is 1. The van der Waals surface area contributed by atoms with Crippen molar-refractivity contribution in [2.75, 3.05) is 35.8 Å². The van der Waals surface area contributed by atoms with Crippen LogP contribution in [0.3, 0.4) is 0 Å². The summed E-state index contributed by atoms with van der Waals surface area (Å²) in [6, 6.07) is 8.01. The molecule has 3 aromatic rings. The van der Waals surface area contributed by atoms with Crippen LogP contribution in [0.4, 0.5) is 21.7 Å². The van der Waals surface area contributed by atoms with E-state index in [0.717, 1.165) is 16.5 Å². The third kappa shape index (κ3) is 5.77. The highest BCUT2D eigenvalue weighted by Crippen LogP contribution is 2.39. The first-order valence-corrected chi connectivity index (χ1v) is 15.2. The van der Waals surface area contributed by atoms with Crippen LogP contribution in [-0.2, 0) is 14.6 Å². The molecule has 8 nitrogen and oxygen atoms in total. The molecule has 4 atom stereocenters. The van der Waals surface area contributed by atoms with Crippen LogP contribution in [-0.4, -0.2) is 67.3 Å². The molecule has 1 saturated heterocycles. The summed E-state index contributed by atoms with van der Waals surface area (Å²) in [5.74, 6) is 1.97. The fourth-order valence-electron chi connectivity index (χ4n) is 5.51. The average molecular weight is 557 g/mol. The molecule has 0 saturated carbocycles. The topological polar surface area (TPSA) is 97.3 Å². The number of nitrogens with zero attached hydrogens (tertiary/aromatic N) is 4. The van der Waals surface area contributed by atoms with Crippen LogP contribution in [0, 0.1) is 5.92 Å². The molecule has 2 aliphatic rings. The van der Waals surface area contributed by atoms with Gasteiger partial charge in [0.25, 0.3) is 0 Å². The van der Waals surface area contributed by atoms with E-state index in [4.69, 9.17) is 8.85 Å². The molecule has 3 heterocycles. The molecule has 1 N–H and O–H groups in total. The van der Waals surface area contributed by atoms with Crippen LogP contribution in [0.1, 0.15) is 55.0 Å². The van der Waals surface area contributed by atoms with E-state index in [-0.39, 0.29) is 36.5 Å². The van der Waals surface area contributed by atoms with Gasteiger partial charge >= 0.3 is 0 Å². The number of fused-ring (bicyclic) bond motifs is 1. The third-order valence-corrected chi connectivity index (χ3v) is 8.76. The number of methoxy groups -OCH3 is 1. The number of hydrogen-bond donors (Lipinski definition) is 1. The zero-order chi connectivity index (χ0) is 30.4. The summed E-state index contributed by atoms with van der Waals surface area (Å²) >= 11 is 0. The van der Waals surface area contributed by atoms with Gasteiger partial charge in [-0.3, -0.25) is 0 Å². The summed E-state index contributed by atoms with van der Waals surface area (Å²) in [6.07, 6.45) is 3.99. The molecule has 10 heteroatoms. The second-order valence-corrected chi connectivity index (χ2v) is 13.1. The smallest absolute Gasteiger partial charge is 0.157 e. The summed E-state index contributed by atoms with van der Waals surface area (Å²) in [4.78, 5) is 15.8. The van der Waals surface area contributed by atoms with Crippen molar-refractivity contribution >= 4 is 43.5 Å². The predicted octanol–water partition coefficient (Wildman–Crippen LogP) is 5.29. The van der Waals surface area contributed by atoms with E-state index >= 15 is 0 Å². The standard InChI is InChI=1S/C29H36FN5O3S/c1-17(2)21-7-8-25(35-15-20(18(35)3)16-39(5,36)37)23-14-32-28(13-22(21)23)33-27-10-11-31-29(34-27)19-6-9-26(38-4)24(30)12-19/h6-8,10-11,13-14,17-18,20,24,26H,9,12,15-16H2,1-5H3,(H,31,32,33,34)/t18-,20-,24+,26-/m1/s1/i4D3. The van der Waals surface area contributed by atoms with Crippen molar-refractivity contribution in [2.24, 2.45) is 5.92 Å². The van der Waals surface area contributed by atoms with E-state index in [0.29, 0.717) is 29.6 Å². The Balaban J connectivity index is 1.38. The number of allylic oxidation sites excluding steroid dienone is 1. The van der Waals surface area contributed by atoms with Crippen molar-refractivity contribution in [2.45, 2.75) is 57.8 Å². The molecule has 5 rings (SSSR count). The fraction of sp³-hybridized carbons (Fsp3) is 0.483. The number of benzene rings is 1. The first kappa shape index (κ1) is 23.7. The molecule has 0 unspecified atom stereocenters. The van der Waals surface area contributed by atoms with Gasteiger partial charge in [0.05, 0.1) is 16.0 Å². The summed E-state index contributed by atoms with van der Waals surface area (Å²) in [7, 11) is -5.70. The minimum atomic E-state index is -3.05. The fourth-order valence-corrected chi connectivity index (χ4v) is 6.67. The van der Waals surface area contributed by atoms with Gasteiger partial charge in [-0.1, -0.05) is 26.0 Å². The zero-order valence-corrected chi connectivity index (χ0v) is 23.4. The lowest BCUT2D eigenvalue weighted by Crippen LogP contribution is -2.57. The normalized spacial score (nSPS) is 25.0. The van der Waals surface area contributed by atoms with Gasteiger partial charge in [0.2, 0.25) is 0 Å². The Labute approximate surface area is 233 Å². The van der Waals surface area contributed by atoms with E-state index in [1.807, 2.05) is 12.3 Å². The zero-order valence-electron chi connectivity index (χ0n) is 25.6. The molecule has 2 aromatic heterocycles. The van der Waals surface area contributed by atoms with Gasteiger partial charge in [0, 0.05) is 61.7 Å². The number of halogens is 1. The number of nitrogens with one attached hydrogen (secondary N) is 1. The molecule has 0 bridgehead atoms. The van der Waals surface area contributed by atoms with E-state index < -0.39 is 29.2 Å². The number of aromatic nitrogens is 3. The lowest BCUT2D eigenvalue weighted by Gasteiger charge is -2.48. The van der Waals surface area contributed by atoms with Crippen LogP contribution in [0.15, 0.2) is 42.7 Å². The minimum absolute atomic E-state index is 0.0427. The SMILES string of the molecule is [2H]C([2H])([2H])O[C@@H]1CC=C(c2nccc(Nc3cc4c(C(C)C)ccc(N5C[C@H](CS(C)(=O)=O)[C@H]5C)c4cn3)n2)C[C@@H]1F. The van der Waals surface area contributed by atoms with Gasteiger partial charge < -0.3 is 15.0 Å². The summed E-state index contributed by atoms with van der Waals surface area (Å²) in [6.45, 7) is 7.01. The van der Waals surface area contributed by atoms with Crippen molar-refractivity contribution in [3.8, 4) is 0 Å². The minimum Gasteiger partial charge on any atom is -0.378 e. The van der Waals surface area contributed by atoms with Crippen LogP contribution < -0.4 is 10.2 Å². The Bertz CT molecular complexity index is 1620. The number of alkyl halides is 1. The van der Waals surface area contributed by atoms with Crippen molar-refractivity contribution in [1.29, 1.82) is 0 Å². The Morgan fingerprint density at radius 1 is 1.23 bits per heavy atom. The predicted molar refractivity (Wildman–Crippen MR) is 154 cm³/mol. The summed E-state index contributed by atoms with van der Waals surface area (Å²) in [5.41, 5.74) is 2.78. The highest BCUT2D eigenvalue weighted by Gasteiger charge is 2.38. The average Bonchev–Trinajstić information content (AvgIpc) is 2.90. The van der Waals surface area contributed by atoms with Crippen molar-refractivity contribution in [3.63, 3.8) is 0 Å². The van der Waals surface area contributed by atoms with Gasteiger partial charge in [-0.2, -0.15) is 0 Å². The van der Waals surface area contributed by atoms with Gasteiger partial charge in [-0.15, -0.1) is 0 Å². The monoisotopic (exact) mass is 556 g/mol. The van der Waals surface area contributed by atoms with Gasteiger partial charge in [-0.25, -0.2) is 27.8 Å². The molecule has 208 valence electrons. The van der Waals surface area contributed by atoms with Crippen LogP contribution >= 0.6 is 0 Å². The van der Waals surface area contributed by atoms with Crippen LogP contribution in [0.2, 0.25) is 0 Å². The molecule has 39 heavy (non-hydrogen) atoms. The highest BCUT2D eigenvalue weighted by molar-refractivity contribution is 7.90. The number of ether oxygens (including phenoxy) is 1.